The number of alkyl halides is 3. The van der Waals surface area contributed by atoms with E-state index >= 15 is 0 Å². The average molecular weight is 249 g/mol. The highest BCUT2D eigenvalue weighted by Crippen LogP contribution is 2.29. The Balaban J connectivity index is 2.35. The number of rotatable bonds is 1. The molecule has 2 aromatic rings. The van der Waals surface area contributed by atoms with Crippen LogP contribution < -0.4 is 0 Å². The normalized spacial score (nSPS) is 11.8. The molecule has 0 aliphatic carbocycles. The second-order valence-corrected chi connectivity index (χ2v) is 3.36. The molecular weight excluding hydrogens is 245 g/mol. The topological polar surface area (TPSA) is 38.9 Å². The van der Waals surface area contributed by atoms with Gasteiger partial charge in [0.1, 0.15) is 0 Å². The first-order valence-corrected chi connectivity index (χ1v) is 4.51. The van der Waals surface area contributed by atoms with Gasteiger partial charge in [0, 0.05) is 10.6 Å². The third-order valence-corrected chi connectivity index (χ3v) is 2.02. The maximum absolute atomic E-state index is 12.2. The number of nitrogens with zero attached hydrogens (tertiary/aromatic N) is 2. The van der Waals surface area contributed by atoms with Gasteiger partial charge >= 0.3 is 12.1 Å². The summed E-state index contributed by atoms with van der Waals surface area (Å²) in [4.78, 5) is 3.24. The lowest BCUT2D eigenvalue weighted by molar-refractivity contribution is -0.159. The molecule has 0 aliphatic rings. The van der Waals surface area contributed by atoms with Crippen LogP contribution in [0.15, 0.2) is 28.8 Å². The van der Waals surface area contributed by atoms with Crippen molar-refractivity contribution in [2.75, 3.05) is 0 Å². The van der Waals surface area contributed by atoms with Crippen LogP contribution >= 0.6 is 11.6 Å². The average Bonchev–Trinajstić information content (AvgIpc) is 2.67. The van der Waals surface area contributed by atoms with Crippen molar-refractivity contribution >= 4 is 11.6 Å². The number of aromatic nitrogens is 2. The Morgan fingerprint density at radius 3 is 2.25 bits per heavy atom. The summed E-state index contributed by atoms with van der Waals surface area (Å²) in [6, 6.07) is 6.07. The van der Waals surface area contributed by atoms with Gasteiger partial charge in [0.15, 0.2) is 0 Å². The van der Waals surface area contributed by atoms with Crippen molar-refractivity contribution in [2.24, 2.45) is 0 Å². The van der Waals surface area contributed by atoms with Gasteiger partial charge in [-0.15, -0.1) is 0 Å². The van der Waals surface area contributed by atoms with Crippen LogP contribution in [-0.4, -0.2) is 10.1 Å². The van der Waals surface area contributed by atoms with Gasteiger partial charge in [0.2, 0.25) is 5.82 Å². The van der Waals surface area contributed by atoms with Gasteiger partial charge in [-0.1, -0.05) is 16.8 Å². The molecule has 3 nitrogen and oxygen atoms in total. The van der Waals surface area contributed by atoms with Gasteiger partial charge < -0.3 is 4.52 Å². The van der Waals surface area contributed by atoms with Gasteiger partial charge in [-0.05, 0) is 24.3 Å². The highest BCUT2D eigenvalue weighted by atomic mass is 35.5. The quantitative estimate of drug-likeness (QED) is 0.776. The Kier molecular flexibility index (Phi) is 2.59. The van der Waals surface area contributed by atoms with E-state index in [-0.39, 0.29) is 5.82 Å². The molecule has 0 radical (unpaired) electrons. The summed E-state index contributed by atoms with van der Waals surface area (Å²) in [5.74, 6) is -1.48. The molecule has 1 aromatic carbocycles. The van der Waals surface area contributed by atoms with Crippen LogP contribution in [-0.2, 0) is 6.18 Å². The zero-order valence-corrected chi connectivity index (χ0v) is 8.38. The maximum Gasteiger partial charge on any atom is 0.471 e. The van der Waals surface area contributed by atoms with E-state index in [9.17, 15) is 13.2 Å². The summed E-state index contributed by atoms with van der Waals surface area (Å²) in [6.07, 6.45) is -4.63. The SMILES string of the molecule is FC(F)(F)c1nc(-c2ccc(Cl)cc2)no1. The third kappa shape index (κ3) is 2.16. The first kappa shape index (κ1) is 10.9. The molecule has 0 aliphatic heterocycles. The first-order valence-electron chi connectivity index (χ1n) is 4.13. The van der Waals surface area contributed by atoms with Crippen molar-refractivity contribution in [3.05, 3.63) is 35.2 Å². The number of benzene rings is 1. The van der Waals surface area contributed by atoms with Gasteiger partial charge in [0.25, 0.3) is 0 Å². The van der Waals surface area contributed by atoms with Gasteiger partial charge in [0.05, 0.1) is 0 Å². The van der Waals surface area contributed by atoms with E-state index in [4.69, 9.17) is 11.6 Å². The lowest BCUT2D eigenvalue weighted by Crippen LogP contribution is -2.04. The third-order valence-electron chi connectivity index (χ3n) is 1.77. The molecule has 0 fully saturated rings. The Hall–Kier alpha value is -1.56. The van der Waals surface area contributed by atoms with Crippen LogP contribution in [0.1, 0.15) is 5.89 Å². The molecule has 0 saturated heterocycles. The zero-order chi connectivity index (χ0) is 11.8. The maximum atomic E-state index is 12.2. The van der Waals surface area contributed by atoms with Crippen molar-refractivity contribution in [2.45, 2.75) is 6.18 Å². The van der Waals surface area contributed by atoms with Crippen LogP contribution in [0.2, 0.25) is 5.02 Å². The molecular formula is C9H4ClF3N2O. The number of halogens is 4. The molecule has 84 valence electrons. The van der Waals surface area contributed by atoms with Crippen molar-refractivity contribution < 1.29 is 17.7 Å². The summed E-state index contributed by atoms with van der Waals surface area (Å²) < 4.78 is 40.6. The van der Waals surface area contributed by atoms with Crippen LogP contribution in [0.5, 0.6) is 0 Å². The standard InChI is InChI=1S/C9H4ClF3N2O/c10-6-3-1-5(2-4-6)7-14-8(16-15-7)9(11,12)13/h1-4H. The molecule has 16 heavy (non-hydrogen) atoms. The minimum atomic E-state index is -4.63. The van der Waals surface area contributed by atoms with Crippen molar-refractivity contribution in [3.8, 4) is 11.4 Å². The molecule has 0 saturated carbocycles. The molecule has 0 bridgehead atoms. The Labute approximate surface area is 92.8 Å². The van der Waals surface area contributed by atoms with Crippen LogP contribution in [0, 0.1) is 0 Å². The minimum absolute atomic E-state index is 0.121. The smallest absolute Gasteiger partial charge is 0.329 e. The van der Waals surface area contributed by atoms with Gasteiger partial charge in [-0.25, -0.2) is 0 Å². The van der Waals surface area contributed by atoms with Crippen LogP contribution in [0.4, 0.5) is 13.2 Å². The Morgan fingerprint density at radius 1 is 1.12 bits per heavy atom. The van der Waals surface area contributed by atoms with E-state index in [1.807, 2.05) is 0 Å². The largest absolute Gasteiger partial charge is 0.471 e. The van der Waals surface area contributed by atoms with E-state index in [1.54, 1.807) is 0 Å². The number of hydrogen-bond donors (Lipinski definition) is 0. The fourth-order valence-electron chi connectivity index (χ4n) is 1.05. The molecule has 0 amide bonds. The molecule has 0 spiro atoms. The first-order chi connectivity index (χ1) is 7.47. The fourth-order valence-corrected chi connectivity index (χ4v) is 1.18. The molecule has 0 N–H and O–H groups in total. The highest BCUT2D eigenvalue weighted by Gasteiger charge is 2.38. The summed E-state index contributed by atoms with van der Waals surface area (Å²) in [6.45, 7) is 0. The van der Waals surface area contributed by atoms with E-state index in [2.05, 4.69) is 14.7 Å². The van der Waals surface area contributed by atoms with Gasteiger partial charge in [-0.2, -0.15) is 18.2 Å². The predicted molar refractivity (Wildman–Crippen MR) is 49.7 cm³/mol. The molecule has 0 atom stereocenters. The van der Waals surface area contributed by atoms with Gasteiger partial charge in [-0.3, -0.25) is 0 Å². The monoisotopic (exact) mass is 248 g/mol. The lowest BCUT2D eigenvalue weighted by atomic mass is 10.2. The van der Waals surface area contributed by atoms with E-state index in [0.29, 0.717) is 10.6 Å². The Morgan fingerprint density at radius 2 is 1.75 bits per heavy atom. The second kappa shape index (κ2) is 3.79. The predicted octanol–water partition coefficient (Wildman–Crippen LogP) is 3.41. The summed E-state index contributed by atoms with van der Waals surface area (Å²) in [5.41, 5.74) is 0.406. The molecule has 1 aromatic heterocycles. The summed E-state index contributed by atoms with van der Waals surface area (Å²) >= 11 is 5.63. The van der Waals surface area contributed by atoms with Crippen molar-refractivity contribution in [1.82, 2.24) is 10.1 Å². The molecule has 0 unspecified atom stereocenters. The van der Waals surface area contributed by atoms with Crippen molar-refractivity contribution in [3.63, 3.8) is 0 Å². The van der Waals surface area contributed by atoms with E-state index in [0.717, 1.165) is 0 Å². The zero-order valence-electron chi connectivity index (χ0n) is 7.62. The second-order valence-electron chi connectivity index (χ2n) is 2.93. The van der Waals surface area contributed by atoms with Crippen LogP contribution in [0.3, 0.4) is 0 Å². The van der Waals surface area contributed by atoms with E-state index < -0.39 is 12.1 Å². The number of hydrogen-bond acceptors (Lipinski definition) is 3. The van der Waals surface area contributed by atoms with E-state index in [1.165, 1.54) is 24.3 Å². The fraction of sp³-hybridized carbons (Fsp3) is 0.111. The molecule has 1 heterocycles. The lowest BCUT2D eigenvalue weighted by Gasteiger charge is -1.96. The minimum Gasteiger partial charge on any atom is -0.329 e. The Bertz CT molecular complexity index is 492. The van der Waals surface area contributed by atoms with Crippen molar-refractivity contribution in [1.29, 1.82) is 0 Å². The molecule has 2 rings (SSSR count). The summed E-state index contributed by atoms with van der Waals surface area (Å²) in [7, 11) is 0. The highest BCUT2D eigenvalue weighted by molar-refractivity contribution is 6.30. The molecule has 7 heteroatoms. The van der Waals surface area contributed by atoms with Crippen LogP contribution in [0.25, 0.3) is 11.4 Å². The summed E-state index contributed by atoms with van der Waals surface area (Å²) in [5, 5.41) is 3.71.